The van der Waals surface area contributed by atoms with E-state index >= 15 is 0 Å². The molecule has 0 N–H and O–H groups in total. The zero-order valence-corrected chi connectivity index (χ0v) is 16.5. The van der Waals surface area contributed by atoms with Gasteiger partial charge in [-0.25, -0.2) is 16.8 Å². The van der Waals surface area contributed by atoms with Crippen molar-refractivity contribution in [3.63, 3.8) is 0 Å². The van der Waals surface area contributed by atoms with Crippen LogP contribution >= 0.6 is 11.6 Å². The van der Waals surface area contributed by atoms with Crippen molar-refractivity contribution in [1.29, 1.82) is 0 Å². The molecule has 26 heavy (non-hydrogen) atoms. The van der Waals surface area contributed by atoms with Gasteiger partial charge in [0.15, 0.2) is 9.84 Å². The predicted octanol–water partition coefficient (Wildman–Crippen LogP) is 3.11. The van der Waals surface area contributed by atoms with Gasteiger partial charge in [-0.15, -0.1) is 0 Å². The minimum absolute atomic E-state index is 0.210. The van der Waals surface area contributed by atoms with Crippen LogP contribution in [-0.2, 0) is 25.6 Å². The molecular weight excluding hydrogens is 394 g/mol. The smallest absolute Gasteiger partial charge is 0.218 e. The number of hydrogen-bond acceptors (Lipinski definition) is 4. The van der Waals surface area contributed by atoms with E-state index in [-0.39, 0.29) is 16.4 Å². The van der Waals surface area contributed by atoms with Crippen LogP contribution in [0.5, 0.6) is 0 Å². The Bertz CT molecular complexity index is 975. The molecule has 0 spiro atoms. The van der Waals surface area contributed by atoms with Crippen molar-refractivity contribution < 1.29 is 16.8 Å². The molecule has 8 heteroatoms. The average Bonchev–Trinajstić information content (AvgIpc) is 3.06. The van der Waals surface area contributed by atoms with Crippen LogP contribution in [0.2, 0.25) is 5.02 Å². The van der Waals surface area contributed by atoms with Crippen molar-refractivity contribution in [1.82, 2.24) is 4.31 Å². The third-order valence-electron chi connectivity index (χ3n) is 4.49. The fourth-order valence-corrected chi connectivity index (χ4v) is 7.06. The largest absolute Gasteiger partial charge is 0.224 e. The minimum atomic E-state index is -3.65. The van der Waals surface area contributed by atoms with Crippen molar-refractivity contribution in [3.05, 3.63) is 65.2 Å². The van der Waals surface area contributed by atoms with Gasteiger partial charge in [0, 0.05) is 17.6 Å². The molecule has 1 unspecified atom stereocenters. The lowest BCUT2D eigenvalue weighted by Crippen LogP contribution is -2.40. The summed E-state index contributed by atoms with van der Waals surface area (Å²) in [5.74, 6) is -0.437. The Morgan fingerprint density at radius 1 is 0.962 bits per heavy atom. The fourth-order valence-electron chi connectivity index (χ4n) is 3.21. The Balaban J connectivity index is 1.80. The van der Waals surface area contributed by atoms with Crippen LogP contribution < -0.4 is 0 Å². The Labute approximate surface area is 159 Å². The maximum Gasteiger partial charge on any atom is 0.218 e. The van der Waals surface area contributed by atoms with Gasteiger partial charge < -0.3 is 0 Å². The van der Waals surface area contributed by atoms with Gasteiger partial charge in [0.05, 0.1) is 16.4 Å². The summed E-state index contributed by atoms with van der Waals surface area (Å²) >= 11 is 6.08. The molecular formula is C18H20ClNO4S2. The molecule has 140 valence electrons. The normalized spacial score (nSPS) is 18.9. The summed E-state index contributed by atoms with van der Waals surface area (Å²) in [6.07, 6.45) is 1.19. The highest BCUT2D eigenvalue weighted by molar-refractivity contribution is 7.91. The third-order valence-corrected chi connectivity index (χ3v) is 8.54. The molecule has 0 amide bonds. The first kappa shape index (κ1) is 19.4. The van der Waals surface area contributed by atoms with E-state index in [1.54, 1.807) is 42.5 Å². The van der Waals surface area contributed by atoms with Crippen molar-refractivity contribution in [2.45, 2.75) is 29.5 Å². The summed E-state index contributed by atoms with van der Waals surface area (Å²) in [7, 11) is -7.20. The SMILES string of the molecule is O=S(=O)(CC1CCCN1S(=O)(=O)Cc1ccccc1Cl)c1ccccc1. The molecule has 1 aliphatic rings. The molecule has 1 fully saturated rings. The van der Waals surface area contributed by atoms with Gasteiger partial charge in [-0.3, -0.25) is 0 Å². The van der Waals surface area contributed by atoms with Gasteiger partial charge in [-0.2, -0.15) is 4.31 Å². The van der Waals surface area contributed by atoms with E-state index in [0.29, 0.717) is 30.0 Å². The lowest BCUT2D eigenvalue weighted by molar-refractivity contribution is 0.407. The number of rotatable bonds is 6. The van der Waals surface area contributed by atoms with Gasteiger partial charge in [-0.1, -0.05) is 48.0 Å². The van der Waals surface area contributed by atoms with Crippen molar-refractivity contribution in [2.75, 3.05) is 12.3 Å². The van der Waals surface area contributed by atoms with Gasteiger partial charge in [0.2, 0.25) is 10.0 Å². The number of benzene rings is 2. The first-order valence-electron chi connectivity index (χ1n) is 8.30. The van der Waals surface area contributed by atoms with E-state index in [4.69, 9.17) is 11.6 Å². The minimum Gasteiger partial charge on any atom is -0.224 e. The topological polar surface area (TPSA) is 71.5 Å². The summed E-state index contributed by atoms with van der Waals surface area (Å²) in [5, 5.41) is 0.392. The maximum atomic E-state index is 12.9. The fraction of sp³-hybridized carbons (Fsp3) is 0.333. The van der Waals surface area contributed by atoms with Gasteiger partial charge in [0.1, 0.15) is 0 Å². The van der Waals surface area contributed by atoms with Gasteiger partial charge >= 0.3 is 0 Å². The summed E-state index contributed by atoms with van der Waals surface area (Å²) in [5.41, 5.74) is 0.519. The molecule has 1 heterocycles. The number of halogens is 1. The van der Waals surface area contributed by atoms with Crippen LogP contribution in [0.25, 0.3) is 0 Å². The Kier molecular flexibility index (Phi) is 5.72. The molecule has 3 rings (SSSR count). The molecule has 1 aliphatic heterocycles. The first-order chi connectivity index (χ1) is 12.3. The van der Waals surface area contributed by atoms with Crippen LogP contribution in [0.15, 0.2) is 59.5 Å². The standard InChI is InChI=1S/C18H20ClNO4S2/c19-18-11-5-4-7-15(18)13-26(23,24)20-12-6-8-16(20)14-25(21,22)17-9-2-1-3-10-17/h1-5,7,9-11,16H,6,8,12-14H2. The quantitative estimate of drug-likeness (QED) is 0.729. The van der Waals surface area contributed by atoms with Crippen LogP contribution in [0, 0.1) is 0 Å². The Morgan fingerprint density at radius 3 is 2.31 bits per heavy atom. The van der Waals surface area contributed by atoms with Crippen LogP contribution in [0.1, 0.15) is 18.4 Å². The highest BCUT2D eigenvalue weighted by Gasteiger charge is 2.37. The molecule has 5 nitrogen and oxygen atoms in total. The van der Waals surface area contributed by atoms with Crippen LogP contribution in [-0.4, -0.2) is 39.5 Å². The van der Waals surface area contributed by atoms with E-state index in [1.807, 2.05) is 0 Å². The van der Waals surface area contributed by atoms with Gasteiger partial charge in [0.25, 0.3) is 0 Å². The zero-order chi connectivity index (χ0) is 18.8. The van der Waals surface area contributed by atoms with E-state index < -0.39 is 25.9 Å². The summed E-state index contributed by atoms with van der Waals surface area (Å²) in [6, 6.07) is 14.4. The molecule has 1 atom stereocenters. The van der Waals surface area contributed by atoms with Crippen molar-refractivity contribution in [2.24, 2.45) is 0 Å². The zero-order valence-electron chi connectivity index (χ0n) is 14.1. The summed E-state index contributed by atoms with van der Waals surface area (Å²) in [4.78, 5) is 0.218. The Hall–Kier alpha value is -1.41. The monoisotopic (exact) mass is 413 g/mol. The van der Waals surface area contributed by atoms with Crippen molar-refractivity contribution in [3.8, 4) is 0 Å². The Morgan fingerprint density at radius 2 is 1.62 bits per heavy atom. The van der Waals surface area contributed by atoms with E-state index in [0.717, 1.165) is 0 Å². The highest BCUT2D eigenvalue weighted by Crippen LogP contribution is 2.28. The van der Waals surface area contributed by atoms with Gasteiger partial charge in [-0.05, 0) is 36.6 Å². The second-order valence-electron chi connectivity index (χ2n) is 6.35. The van der Waals surface area contributed by atoms with Crippen LogP contribution in [0.3, 0.4) is 0 Å². The molecule has 0 saturated carbocycles. The molecule has 1 saturated heterocycles. The molecule has 0 aliphatic carbocycles. The highest BCUT2D eigenvalue weighted by atomic mass is 35.5. The maximum absolute atomic E-state index is 12.9. The summed E-state index contributed by atoms with van der Waals surface area (Å²) in [6.45, 7) is 0.335. The van der Waals surface area contributed by atoms with E-state index in [9.17, 15) is 16.8 Å². The number of sulfonamides is 1. The number of nitrogens with zero attached hydrogens (tertiary/aromatic N) is 1. The van der Waals surface area contributed by atoms with Crippen LogP contribution in [0.4, 0.5) is 0 Å². The summed E-state index contributed by atoms with van der Waals surface area (Å²) < 4.78 is 52.3. The molecule has 0 aromatic heterocycles. The number of hydrogen-bond donors (Lipinski definition) is 0. The lowest BCUT2D eigenvalue weighted by atomic mass is 10.2. The van der Waals surface area contributed by atoms with E-state index in [1.165, 1.54) is 16.4 Å². The second kappa shape index (κ2) is 7.68. The average molecular weight is 414 g/mol. The molecule has 2 aromatic carbocycles. The molecule has 0 radical (unpaired) electrons. The molecule has 0 bridgehead atoms. The lowest BCUT2D eigenvalue weighted by Gasteiger charge is -2.24. The second-order valence-corrected chi connectivity index (χ2v) is 10.7. The third kappa shape index (κ3) is 4.28. The number of sulfone groups is 1. The molecule has 2 aromatic rings. The predicted molar refractivity (Wildman–Crippen MR) is 102 cm³/mol. The first-order valence-corrected chi connectivity index (χ1v) is 11.9. The van der Waals surface area contributed by atoms with Crippen molar-refractivity contribution >= 4 is 31.5 Å². The van der Waals surface area contributed by atoms with E-state index in [2.05, 4.69) is 0 Å².